The van der Waals surface area contributed by atoms with E-state index in [1.54, 1.807) is 0 Å². The topological polar surface area (TPSA) is 79.8 Å². The average molecular weight is 231 g/mol. The van der Waals surface area contributed by atoms with Gasteiger partial charge in [0.1, 0.15) is 12.0 Å². The third kappa shape index (κ3) is 2.25. The van der Waals surface area contributed by atoms with E-state index in [0.29, 0.717) is 6.07 Å². The molecule has 0 saturated heterocycles. The van der Waals surface area contributed by atoms with E-state index in [1.165, 1.54) is 6.07 Å². The Bertz CT molecular complexity index is 470. The van der Waals surface area contributed by atoms with E-state index in [-0.39, 0.29) is 0 Å². The first-order valence-electron chi connectivity index (χ1n) is 3.96. The molecule has 0 N–H and O–H groups in total. The van der Waals surface area contributed by atoms with Crippen molar-refractivity contribution in [2.45, 2.75) is 12.8 Å². The van der Waals surface area contributed by atoms with Crippen molar-refractivity contribution in [3.63, 3.8) is 0 Å². The Kier molecular flexibility index (Phi) is 3.40. The van der Waals surface area contributed by atoms with Crippen LogP contribution in [0.4, 0.5) is 19.0 Å². The zero-order valence-corrected chi connectivity index (χ0v) is 7.65. The molecule has 1 heterocycles. The predicted molar refractivity (Wildman–Crippen MR) is 45.1 cm³/mol. The van der Waals surface area contributed by atoms with Crippen molar-refractivity contribution in [3.8, 4) is 6.07 Å². The maximum absolute atomic E-state index is 13.1. The number of alkyl halides is 2. The lowest BCUT2D eigenvalue weighted by atomic mass is 10.2. The van der Waals surface area contributed by atoms with E-state index in [2.05, 4.69) is 4.98 Å². The van der Waals surface area contributed by atoms with Gasteiger partial charge in [0.2, 0.25) is 5.69 Å². The van der Waals surface area contributed by atoms with Gasteiger partial charge in [0.15, 0.2) is 5.82 Å². The Labute approximate surface area is 87.3 Å². The Balaban J connectivity index is 3.38. The summed E-state index contributed by atoms with van der Waals surface area (Å²) in [4.78, 5) is 12.4. The molecule has 0 saturated carbocycles. The molecule has 0 atom stereocenters. The molecule has 5 nitrogen and oxygen atoms in total. The van der Waals surface area contributed by atoms with Crippen molar-refractivity contribution >= 4 is 5.82 Å². The largest absolute Gasteiger partial charge is 0.372 e. The molecule has 0 aliphatic rings. The molecule has 0 aliphatic carbocycles. The van der Waals surface area contributed by atoms with Crippen LogP contribution in [0, 0.1) is 27.3 Å². The van der Waals surface area contributed by atoms with Gasteiger partial charge in [-0.3, -0.25) is 0 Å². The summed E-state index contributed by atoms with van der Waals surface area (Å²) in [6, 6.07) is 1.86. The minimum atomic E-state index is -3.20. The van der Waals surface area contributed by atoms with Gasteiger partial charge in [-0.15, -0.1) is 0 Å². The first-order chi connectivity index (χ1) is 7.47. The van der Waals surface area contributed by atoms with Gasteiger partial charge in [0, 0.05) is 0 Å². The van der Waals surface area contributed by atoms with Gasteiger partial charge in [0.25, 0.3) is 6.43 Å². The molecule has 0 unspecified atom stereocenters. The average Bonchev–Trinajstić information content (AvgIpc) is 2.20. The molecule has 0 bridgehead atoms. The van der Waals surface area contributed by atoms with E-state index in [0.717, 1.165) is 0 Å². The molecular weight excluding hydrogens is 227 g/mol. The molecule has 0 radical (unpaired) electrons. The van der Waals surface area contributed by atoms with Gasteiger partial charge in [-0.1, -0.05) is 0 Å². The van der Waals surface area contributed by atoms with Crippen molar-refractivity contribution in [1.29, 1.82) is 5.26 Å². The van der Waals surface area contributed by atoms with Crippen molar-refractivity contribution in [1.82, 2.24) is 4.98 Å². The highest BCUT2D eigenvalue weighted by Crippen LogP contribution is 2.28. The number of pyridine rings is 1. The molecule has 0 amide bonds. The fourth-order valence-corrected chi connectivity index (χ4v) is 1.04. The Hall–Kier alpha value is -2.17. The lowest BCUT2D eigenvalue weighted by molar-refractivity contribution is -0.391. The van der Waals surface area contributed by atoms with Crippen LogP contribution in [0.5, 0.6) is 0 Å². The van der Waals surface area contributed by atoms with E-state index in [4.69, 9.17) is 5.26 Å². The third-order valence-corrected chi connectivity index (χ3v) is 1.71. The lowest BCUT2D eigenvalue weighted by Gasteiger charge is -2.02. The van der Waals surface area contributed by atoms with Gasteiger partial charge >= 0.3 is 5.82 Å². The Morgan fingerprint density at radius 3 is 2.69 bits per heavy atom. The number of nitriles is 1. The second-order valence-corrected chi connectivity index (χ2v) is 2.72. The van der Waals surface area contributed by atoms with Gasteiger partial charge < -0.3 is 10.1 Å². The minimum Gasteiger partial charge on any atom is -0.358 e. The molecule has 84 valence electrons. The summed E-state index contributed by atoms with van der Waals surface area (Å²) in [6.07, 6.45) is -3.71. The molecular formula is C8H4F3N3O2. The van der Waals surface area contributed by atoms with Gasteiger partial charge in [-0.25, -0.2) is 13.2 Å². The first-order valence-corrected chi connectivity index (χ1v) is 3.96. The van der Waals surface area contributed by atoms with Crippen molar-refractivity contribution in [3.05, 3.63) is 33.3 Å². The fourth-order valence-electron chi connectivity index (χ4n) is 1.04. The van der Waals surface area contributed by atoms with Crippen LogP contribution in [0.15, 0.2) is 6.07 Å². The normalized spacial score (nSPS) is 10.2. The Morgan fingerprint density at radius 1 is 1.62 bits per heavy atom. The SMILES string of the molecule is N#CCc1nc([N+](=O)[O-])c(C(F)F)cc1F. The van der Waals surface area contributed by atoms with Crippen LogP contribution in [0.1, 0.15) is 17.7 Å². The van der Waals surface area contributed by atoms with Crippen LogP contribution >= 0.6 is 0 Å². The summed E-state index contributed by atoms with van der Waals surface area (Å²) in [6.45, 7) is 0. The molecule has 1 rings (SSSR count). The second kappa shape index (κ2) is 4.57. The zero-order chi connectivity index (χ0) is 12.3. The minimum absolute atomic E-state index is 0.336. The molecule has 8 heteroatoms. The highest BCUT2D eigenvalue weighted by atomic mass is 19.3. The van der Waals surface area contributed by atoms with Crippen LogP contribution < -0.4 is 0 Å². The molecule has 0 fully saturated rings. The second-order valence-electron chi connectivity index (χ2n) is 2.72. The van der Waals surface area contributed by atoms with E-state index < -0.39 is 40.7 Å². The molecule has 0 aliphatic heterocycles. The van der Waals surface area contributed by atoms with Gasteiger partial charge in [0.05, 0.1) is 6.07 Å². The number of hydrogen-bond acceptors (Lipinski definition) is 4. The highest BCUT2D eigenvalue weighted by Gasteiger charge is 2.27. The summed E-state index contributed by atoms with van der Waals surface area (Å²) in [5.74, 6) is -2.27. The predicted octanol–water partition coefficient (Wildman–Crippen LogP) is 2.13. The maximum atomic E-state index is 13.1. The van der Waals surface area contributed by atoms with Crippen LogP contribution in [0.2, 0.25) is 0 Å². The summed E-state index contributed by atoms with van der Waals surface area (Å²) in [5.41, 5.74) is -1.61. The van der Waals surface area contributed by atoms with Crippen LogP contribution in [-0.2, 0) is 6.42 Å². The lowest BCUT2D eigenvalue weighted by Crippen LogP contribution is -2.04. The van der Waals surface area contributed by atoms with Crippen molar-refractivity contribution < 1.29 is 18.1 Å². The van der Waals surface area contributed by atoms with Crippen LogP contribution in [0.3, 0.4) is 0 Å². The van der Waals surface area contributed by atoms with E-state index >= 15 is 0 Å². The molecule has 0 aromatic carbocycles. The van der Waals surface area contributed by atoms with Crippen molar-refractivity contribution in [2.24, 2.45) is 0 Å². The smallest absolute Gasteiger partial charge is 0.358 e. The number of halogens is 3. The molecule has 16 heavy (non-hydrogen) atoms. The summed E-state index contributed by atoms with van der Waals surface area (Å²) in [5, 5.41) is 18.7. The maximum Gasteiger partial charge on any atom is 0.372 e. The van der Waals surface area contributed by atoms with Gasteiger partial charge in [-0.2, -0.15) is 5.26 Å². The summed E-state index contributed by atoms with van der Waals surface area (Å²) in [7, 11) is 0. The Morgan fingerprint density at radius 2 is 2.25 bits per heavy atom. The number of rotatable bonds is 3. The third-order valence-electron chi connectivity index (χ3n) is 1.71. The monoisotopic (exact) mass is 231 g/mol. The first kappa shape index (κ1) is 11.9. The standard InChI is InChI=1S/C8H4F3N3O2/c9-5-3-4(7(10)11)8(14(15)16)13-6(5)1-2-12/h3,7H,1H2. The van der Waals surface area contributed by atoms with Crippen LogP contribution in [-0.4, -0.2) is 9.91 Å². The number of nitrogens with zero attached hydrogens (tertiary/aromatic N) is 3. The quantitative estimate of drug-likeness (QED) is 0.589. The van der Waals surface area contributed by atoms with Crippen LogP contribution in [0.25, 0.3) is 0 Å². The highest BCUT2D eigenvalue weighted by molar-refractivity contribution is 5.36. The number of nitro groups is 1. The number of aromatic nitrogens is 1. The molecule has 0 spiro atoms. The van der Waals surface area contributed by atoms with Gasteiger partial charge in [-0.05, 0) is 16.0 Å². The molecule has 1 aromatic rings. The number of hydrogen-bond donors (Lipinski definition) is 0. The molecule has 1 aromatic heterocycles. The van der Waals surface area contributed by atoms with Crippen molar-refractivity contribution in [2.75, 3.05) is 0 Å². The van der Waals surface area contributed by atoms with E-state index in [9.17, 15) is 23.3 Å². The summed E-state index contributed by atoms with van der Waals surface area (Å²) < 4.78 is 37.7. The zero-order valence-electron chi connectivity index (χ0n) is 7.65. The fraction of sp³-hybridized carbons (Fsp3) is 0.250. The van der Waals surface area contributed by atoms with E-state index in [1.807, 2.05) is 0 Å². The summed E-state index contributed by atoms with van der Waals surface area (Å²) >= 11 is 0.